The van der Waals surface area contributed by atoms with E-state index in [4.69, 9.17) is 0 Å². The number of benzene rings is 1. The van der Waals surface area contributed by atoms with Crippen LogP contribution in [0, 0.1) is 10.1 Å². The van der Waals surface area contributed by atoms with E-state index in [2.05, 4.69) is 10.2 Å². The summed E-state index contributed by atoms with van der Waals surface area (Å²) in [5, 5.41) is 18.6. The van der Waals surface area contributed by atoms with Gasteiger partial charge in [0.15, 0.2) is 0 Å². The molecule has 3 rings (SSSR count). The summed E-state index contributed by atoms with van der Waals surface area (Å²) in [6.45, 7) is 0. The molecule has 1 aliphatic heterocycles. The molecule has 0 N–H and O–H groups in total. The molecule has 0 saturated heterocycles. The number of fused-ring (bicyclic) bond motifs is 1. The second kappa shape index (κ2) is 3.70. The third-order valence-corrected chi connectivity index (χ3v) is 2.71. The van der Waals surface area contributed by atoms with Crippen molar-refractivity contribution in [3.05, 3.63) is 52.1 Å². The fraction of sp³-hybridized carbons (Fsp3) is 0. The van der Waals surface area contributed by atoms with E-state index in [0.717, 1.165) is 22.3 Å². The highest BCUT2D eigenvalue weighted by Gasteiger charge is 2.42. The molecule has 0 aliphatic carbocycles. The van der Waals surface area contributed by atoms with Crippen molar-refractivity contribution < 1.29 is 14.5 Å². The average Bonchev–Trinajstić information content (AvgIpc) is 2.98. The topological polar surface area (TPSA) is 111 Å². The van der Waals surface area contributed by atoms with Crippen molar-refractivity contribution >= 4 is 17.5 Å². The van der Waals surface area contributed by atoms with Gasteiger partial charge in [0.05, 0.1) is 10.5 Å². The van der Waals surface area contributed by atoms with E-state index >= 15 is 0 Å². The summed E-state index contributed by atoms with van der Waals surface area (Å²) < 4.78 is 1.08. The van der Waals surface area contributed by atoms with Gasteiger partial charge >= 0.3 is 0 Å². The lowest BCUT2D eigenvalue weighted by molar-refractivity contribution is -0.385. The molecule has 1 aromatic heterocycles. The summed E-state index contributed by atoms with van der Waals surface area (Å²) in [4.78, 5) is 34.4. The Labute approximate surface area is 105 Å². The molecule has 2 heterocycles. The maximum Gasteiger partial charge on any atom is 0.288 e. The van der Waals surface area contributed by atoms with E-state index in [1.54, 1.807) is 0 Å². The summed E-state index contributed by atoms with van der Waals surface area (Å²) in [6, 6.07) is 3.91. The summed E-state index contributed by atoms with van der Waals surface area (Å²) in [7, 11) is 0. The number of amides is 2. The van der Waals surface area contributed by atoms with Crippen LogP contribution in [0.25, 0.3) is 0 Å². The summed E-state index contributed by atoms with van der Waals surface area (Å²) in [6.07, 6.45) is 2.32. The van der Waals surface area contributed by atoms with Crippen molar-refractivity contribution in [3.63, 3.8) is 0 Å². The predicted octanol–water partition coefficient (Wildman–Crippen LogP) is 0.118. The largest absolute Gasteiger partial charge is 0.288 e. The second-order valence-corrected chi connectivity index (χ2v) is 3.72. The number of nitrogens with zero attached hydrogens (tertiary/aromatic N) is 5. The van der Waals surface area contributed by atoms with Crippen LogP contribution in [0.3, 0.4) is 0 Å². The van der Waals surface area contributed by atoms with E-state index in [1.807, 2.05) is 0 Å². The Morgan fingerprint density at radius 1 is 1.11 bits per heavy atom. The van der Waals surface area contributed by atoms with Crippen LogP contribution in [0.5, 0.6) is 0 Å². The fourth-order valence-electron chi connectivity index (χ4n) is 1.92. The van der Waals surface area contributed by atoms with Gasteiger partial charge in [0.25, 0.3) is 17.5 Å². The van der Waals surface area contributed by atoms with Crippen LogP contribution in [0.2, 0.25) is 0 Å². The van der Waals surface area contributed by atoms with Gasteiger partial charge in [-0.1, -0.05) is 6.07 Å². The van der Waals surface area contributed by atoms with Crippen molar-refractivity contribution in [1.82, 2.24) is 14.9 Å². The summed E-state index contributed by atoms with van der Waals surface area (Å²) >= 11 is 0. The van der Waals surface area contributed by atoms with Gasteiger partial charge in [0.2, 0.25) is 0 Å². The average molecular weight is 259 g/mol. The second-order valence-electron chi connectivity index (χ2n) is 3.72. The molecule has 0 fully saturated rings. The van der Waals surface area contributed by atoms with Gasteiger partial charge in [-0.05, 0) is 6.07 Å². The van der Waals surface area contributed by atoms with E-state index in [1.165, 1.54) is 18.2 Å². The van der Waals surface area contributed by atoms with Gasteiger partial charge in [-0.2, -0.15) is 5.01 Å². The zero-order valence-electron chi connectivity index (χ0n) is 9.26. The smallest absolute Gasteiger partial charge is 0.267 e. The van der Waals surface area contributed by atoms with E-state index < -0.39 is 22.4 Å². The van der Waals surface area contributed by atoms with Crippen LogP contribution >= 0.6 is 0 Å². The Morgan fingerprint density at radius 3 is 2.42 bits per heavy atom. The predicted molar refractivity (Wildman–Crippen MR) is 60.0 cm³/mol. The number of carbonyl (C=O) groups excluding carboxylic acids is 2. The quantitative estimate of drug-likeness (QED) is 0.430. The highest BCUT2D eigenvalue weighted by molar-refractivity contribution is 6.32. The zero-order valence-corrected chi connectivity index (χ0v) is 9.26. The Bertz CT molecular complexity index is 709. The number of hydrogen-bond donors (Lipinski definition) is 0. The number of aromatic nitrogens is 3. The Kier molecular flexibility index (Phi) is 2.14. The Hall–Kier alpha value is -3.10. The highest BCUT2D eigenvalue weighted by atomic mass is 16.6. The summed E-state index contributed by atoms with van der Waals surface area (Å²) in [5.74, 6) is -1.42. The van der Waals surface area contributed by atoms with Crippen LogP contribution in [-0.4, -0.2) is 31.6 Å². The van der Waals surface area contributed by atoms with E-state index in [0.29, 0.717) is 0 Å². The van der Waals surface area contributed by atoms with Crippen LogP contribution in [0.4, 0.5) is 5.69 Å². The SMILES string of the molecule is O=C1c2cccc([N+](=O)[O-])c2C(=O)N1n1cnnc1. The lowest BCUT2D eigenvalue weighted by Gasteiger charge is -2.12. The van der Waals surface area contributed by atoms with Crippen LogP contribution < -0.4 is 5.01 Å². The maximum atomic E-state index is 12.2. The van der Waals surface area contributed by atoms with E-state index in [9.17, 15) is 19.7 Å². The summed E-state index contributed by atoms with van der Waals surface area (Å²) in [5.41, 5.74) is -0.620. The molecule has 0 unspecified atom stereocenters. The maximum absolute atomic E-state index is 12.2. The monoisotopic (exact) mass is 259 g/mol. The van der Waals surface area contributed by atoms with Crippen LogP contribution in [0.15, 0.2) is 30.9 Å². The molecule has 1 aromatic carbocycles. The van der Waals surface area contributed by atoms with Crippen molar-refractivity contribution in [2.24, 2.45) is 0 Å². The number of rotatable bonds is 2. The molecule has 9 nitrogen and oxygen atoms in total. The first-order chi connectivity index (χ1) is 9.11. The molecule has 0 atom stereocenters. The standard InChI is InChI=1S/C10H5N5O4/c16-9-6-2-1-3-7(15(18)19)8(6)10(17)14(9)13-4-11-12-5-13/h1-5H. The van der Waals surface area contributed by atoms with Crippen molar-refractivity contribution in [2.45, 2.75) is 0 Å². The molecule has 1 aliphatic rings. The van der Waals surface area contributed by atoms with Crippen LogP contribution in [0.1, 0.15) is 20.7 Å². The third-order valence-electron chi connectivity index (χ3n) is 2.71. The van der Waals surface area contributed by atoms with Crippen molar-refractivity contribution in [1.29, 1.82) is 0 Å². The van der Waals surface area contributed by atoms with Crippen molar-refractivity contribution in [2.75, 3.05) is 5.01 Å². The molecular weight excluding hydrogens is 254 g/mol. The number of imide groups is 1. The molecule has 9 heteroatoms. The Morgan fingerprint density at radius 2 is 1.79 bits per heavy atom. The lowest BCUT2D eigenvalue weighted by Crippen LogP contribution is -2.39. The molecule has 0 radical (unpaired) electrons. The molecule has 94 valence electrons. The van der Waals surface area contributed by atoms with Crippen molar-refractivity contribution in [3.8, 4) is 0 Å². The first kappa shape index (κ1) is 11.0. The first-order valence-electron chi connectivity index (χ1n) is 5.12. The van der Waals surface area contributed by atoms with E-state index in [-0.39, 0.29) is 11.1 Å². The molecule has 2 amide bonds. The number of carbonyl (C=O) groups is 2. The van der Waals surface area contributed by atoms with Gasteiger partial charge in [0, 0.05) is 6.07 Å². The molecule has 0 saturated carbocycles. The molecule has 19 heavy (non-hydrogen) atoms. The minimum Gasteiger partial charge on any atom is -0.267 e. The normalized spacial score (nSPS) is 13.8. The zero-order chi connectivity index (χ0) is 13.6. The first-order valence-corrected chi connectivity index (χ1v) is 5.12. The lowest BCUT2D eigenvalue weighted by atomic mass is 10.1. The minimum atomic E-state index is -0.771. The molecule has 0 spiro atoms. The number of hydrogen-bond acceptors (Lipinski definition) is 6. The van der Waals surface area contributed by atoms with Gasteiger partial charge in [0.1, 0.15) is 18.2 Å². The minimum absolute atomic E-state index is 0.00657. The molecular formula is C10H5N5O4. The van der Waals surface area contributed by atoms with Crippen LogP contribution in [-0.2, 0) is 0 Å². The van der Waals surface area contributed by atoms with Gasteiger partial charge in [-0.25, -0.2) is 4.68 Å². The molecule has 2 aromatic rings. The fourth-order valence-corrected chi connectivity index (χ4v) is 1.92. The number of nitro groups is 1. The highest BCUT2D eigenvalue weighted by Crippen LogP contribution is 2.29. The Balaban J connectivity index is 2.20. The van der Waals surface area contributed by atoms with Gasteiger partial charge < -0.3 is 0 Å². The van der Waals surface area contributed by atoms with Gasteiger partial charge in [-0.15, -0.1) is 10.2 Å². The number of nitro benzene ring substituents is 1. The van der Waals surface area contributed by atoms with Gasteiger partial charge in [-0.3, -0.25) is 19.7 Å². The third kappa shape index (κ3) is 1.41. The molecule has 0 bridgehead atoms.